The van der Waals surface area contributed by atoms with E-state index in [0.717, 1.165) is 12.0 Å². The average molecular weight is 163 g/mol. The Balaban J connectivity index is 2.11. The number of rotatable bonds is 1. The molecular weight excluding hydrogens is 146 g/mol. The Morgan fingerprint density at radius 2 is 1.75 bits per heavy atom. The minimum absolute atomic E-state index is 0.772. The van der Waals surface area contributed by atoms with Crippen molar-refractivity contribution >= 4 is 0 Å². The van der Waals surface area contributed by atoms with E-state index in [0.29, 0.717) is 0 Å². The molecule has 12 heavy (non-hydrogen) atoms. The highest BCUT2D eigenvalue weighted by molar-refractivity contribution is 4.94. The van der Waals surface area contributed by atoms with Crippen LogP contribution >= 0.6 is 0 Å². The number of aromatic nitrogens is 1. The Kier molecular flexibility index (Phi) is 2.20. The lowest BCUT2D eigenvalue weighted by atomic mass is 9.86. The summed E-state index contributed by atoms with van der Waals surface area (Å²) in [7, 11) is 0. The van der Waals surface area contributed by atoms with Crippen molar-refractivity contribution in [2.75, 3.05) is 0 Å². The summed E-state index contributed by atoms with van der Waals surface area (Å²) in [6.07, 6.45) is 10.0. The van der Waals surface area contributed by atoms with Crippen molar-refractivity contribution in [3.8, 4) is 0 Å². The summed E-state index contributed by atoms with van der Waals surface area (Å²) >= 11 is 0. The second kappa shape index (κ2) is 3.34. The molecule has 1 aliphatic carbocycles. The molecule has 2 atom stereocenters. The molecule has 1 saturated carbocycles. The SMILES string of the molecule is C[C@@H]1CCCC[C@@H]1n1cccc1. The van der Waals surface area contributed by atoms with E-state index in [2.05, 4.69) is 36.0 Å². The maximum Gasteiger partial charge on any atom is 0.0356 e. The van der Waals surface area contributed by atoms with Crippen molar-refractivity contribution in [3.63, 3.8) is 0 Å². The maximum atomic E-state index is 2.38. The molecular formula is C11H17N. The molecule has 0 N–H and O–H groups in total. The van der Waals surface area contributed by atoms with Gasteiger partial charge in [0.05, 0.1) is 0 Å². The molecule has 1 aromatic heterocycles. The van der Waals surface area contributed by atoms with Crippen molar-refractivity contribution in [1.29, 1.82) is 0 Å². The Hall–Kier alpha value is -0.720. The van der Waals surface area contributed by atoms with Gasteiger partial charge in [-0.05, 0) is 30.9 Å². The molecule has 0 aromatic carbocycles. The Morgan fingerprint density at radius 3 is 2.42 bits per heavy atom. The fourth-order valence-electron chi connectivity index (χ4n) is 2.31. The Labute approximate surface area is 74.4 Å². The first-order valence-electron chi connectivity index (χ1n) is 5.00. The van der Waals surface area contributed by atoms with E-state index in [-0.39, 0.29) is 0 Å². The largest absolute Gasteiger partial charge is 0.351 e. The van der Waals surface area contributed by atoms with E-state index in [1.165, 1.54) is 25.7 Å². The van der Waals surface area contributed by atoms with Crippen molar-refractivity contribution in [3.05, 3.63) is 24.5 Å². The zero-order chi connectivity index (χ0) is 8.39. The van der Waals surface area contributed by atoms with E-state index in [1.54, 1.807) is 0 Å². The summed E-state index contributed by atoms with van der Waals surface area (Å²) in [6, 6.07) is 5.02. The lowest BCUT2D eigenvalue weighted by molar-refractivity contribution is 0.258. The summed E-state index contributed by atoms with van der Waals surface area (Å²) in [6.45, 7) is 2.38. The molecule has 1 heteroatoms. The fourth-order valence-corrected chi connectivity index (χ4v) is 2.31. The van der Waals surface area contributed by atoms with E-state index in [4.69, 9.17) is 0 Å². The number of nitrogens with zero attached hydrogens (tertiary/aromatic N) is 1. The van der Waals surface area contributed by atoms with Gasteiger partial charge in [0.25, 0.3) is 0 Å². The van der Waals surface area contributed by atoms with Crippen LogP contribution in [0.4, 0.5) is 0 Å². The topological polar surface area (TPSA) is 4.93 Å². The second-order valence-corrected chi connectivity index (χ2v) is 3.96. The molecule has 0 saturated heterocycles. The molecule has 0 radical (unpaired) electrons. The number of hydrogen-bond donors (Lipinski definition) is 0. The van der Waals surface area contributed by atoms with E-state index < -0.39 is 0 Å². The Morgan fingerprint density at radius 1 is 1.08 bits per heavy atom. The zero-order valence-electron chi connectivity index (χ0n) is 7.74. The van der Waals surface area contributed by atoms with Gasteiger partial charge in [-0.3, -0.25) is 0 Å². The zero-order valence-corrected chi connectivity index (χ0v) is 7.74. The van der Waals surface area contributed by atoms with E-state index >= 15 is 0 Å². The van der Waals surface area contributed by atoms with Crippen molar-refractivity contribution in [2.45, 2.75) is 38.6 Å². The summed E-state index contributed by atoms with van der Waals surface area (Å²) in [5.74, 6) is 0.867. The summed E-state index contributed by atoms with van der Waals surface area (Å²) in [4.78, 5) is 0. The first kappa shape index (κ1) is 7.90. The predicted molar refractivity (Wildman–Crippen MR) is 51.1 cm³/mol. The second-order valence-electron chi connectivity index (χ2n) is 3.96. The smallest absolute Gasteiger partial charge is 0.0356 e. The molecule has 1 nitrogen and oxygen atoms in total. The fraction of sp³-hybridized carbons (Fsp3) is 0.636. The third-order valence-corrected chi connectivity index (χ3v) is 3.08. The number of hydrogen-bond acceptors (Lipinski definition) is 0. The van der Waals surface area contributed by atoms with E-state index in [9.17, 15) is 0 Å². The third kappa shape index (κ3) is 1.40. The van der Waals surface area contributed by atoms with Gasteiger partial charge < -0.3 is 4.57 Å². The lowest BCUT2D eigenvalue weighted by Gasteiger charge is -2.30. The highest BCUT2D eigenvalue weighted by Crippen LogP contribution is 2.33. The maximum absolute atomic E-state index is 2.38. The Bertz CT molecular complexity index is 225. The van der Waals surface area contributed by atoms with Gasteiger partial charge in [-0.1, -0.05) is 19.8 Å². The molecule has 0 spiro atoms. The highest BCUT2D eigenvalue weighted by atomic mass is 15.0. The van der Waals surface area contributed by atoms with Gasteiger partial charge in [-0.25, -0.2) is 0 Å². The minimum Gasteiger partial charge on any atom is -0.351 e. The van der Waals surface area contributed by atoms with Crippen LogP contribution in [0.5, 0.6) is 0 Å². The predicted octanol–water partition coefficient (Wildman–Crippen LogP) is 3.24. The molecule has 0 unspecified atom stereocenters. The van der Waals surface area contributed by atoms with E-state index in [1.807, 2.05) is 0 Å². The van der Waals surface area contributed by atoms with Gasteiger partial charge >= 0.3 is 0 Å². The van der Waals surface area contributed by atoms with Crippen LogP contribution < -0.4 is 0 Å². The molecule has 2 rings (SSSR count). The van der Waals surface area contributed by atoms with Crippen LogP contribution in [-0.4, -0.2) is 4.57 Å². The summed E-state index contributed by atoms with van der Waals surface area (Å²) in [5, 5.41) is 0. The van der Waals surface area contributed by atoms with Crippen LogP contribution in [0.25, 0.3) is 0 Å². The highest BCUT2D eigenvalue weighted by Gasteiger charge is 2.21. The normalized spacial score (nSPS) is 30.4. The van der Waals surface area contributed by atoms with Crippen LogP contribution in [0.2, 0.25) is 0 Å². The van der Waals surface area contributed by atoms with Gasteiger partial charge in [-0.15, -0.1) is 0 Å². The molecule has 1 heterocycles. The van der Waals surface area contributed by atoms with Crippen molar-refractivity contribution in [2.24, 2.45) is 5.92 Å². The molecule has 0 aliphatic heterocycles. The summed E-state index contributed by atoms with van der Waals surface area (Å²) < 4.78 is 2.38. The lowest BCUT2D eigenvalue weighted by Crippen LogP contribution is -2.19. The van der Waals surface area contributed by atoms with Crippen LogP contribution in [-0.2, 0) is 0 Å². The van der Waals surface area contributed by atoms with Crippen molar-refractivity contribution < 1.29 is 0 Å². The van der Waals surface area contributed by atoms with Crippen molar-refractivity contribution in [1.82, 2.24) is 4.57 Å². The summed E-state index contributed by atoms with van der Waals surface area (Å²) in [5.41, 5.74) is 0. The van der Waals surface area contributed by atoms with Crippen LogP contribution in [0, 0.1) is 5.92 Å². The molecule has 66 valence electrons. The molecule has 0 amide bonds. The minimum atomic E-state index is 0.772. The first-order chi connectivity index (χ1) is 5.88. The van der Waals surface area contributed by atoms with Gasteiger partial charge in [0, 0.05) is 18.4 Å². The molecule has 1 aliphatic rings. The monoisotopic (exact) mass is 163 g/mol. The molecule has 0 bridgehead atoms. The quantitative estimate of drug-likeness (QED) is 0.599. The van der Waals surface area contributed by atoms with Gasteiger partial charge in [0.15, 0.2) is 0 Å². The third-order valence-electron chi connectivity index (χ3n) is 3.08. The molecule has 1 fully saturated rings. The van der Waals surface area contributed by atoms with Crippen LogP contribution in [0.3, 0.4) is 0 Å². The van der Waals surface area contributed by atoms with Crippen LogP contribution in [0.1, 0.15) is 38.6 Å². The average Bonchev–Trinajstić information content (AvgIpc) is 2.57. The van der Waals surface area contributed by atoms with Gasteiger partial charge in [0.2, 0.25) is 0 Å². The first-order valence-corrected chi connectivity index (χ1v) is 5.00. The van der Waals surface area contributed by atoms with Crippen LogP contribution in [0.15, 0.2) is 24.5 Å². The molecule has 1 aromatic rings. The van der Waals surface area contributed by atoms with Gasteiger partial charge in [0.1, 0.15) is 0 Å². The standard InChI is InChI=1S/C11H17N/c1-10-6-2-3-7-11(10)12-8-4-5-9-12/h4-5,8-11H,2-3,6-7H2,1H3/t10-,11+/m1/s1. The van der Waals surface area contributed by atoms with Gasteiger partial charge in [-0.2, -0.15) is 0 Å².